The van der Waals surface area contributed by atoms with Crippen LogP contribution in [0.3, 0.4) is 0 Å². The van der Waals surface area contributed by atoms with Crippen molar-refractivity contribution in [3.8, 4) is 0 Å². The number of carbonyl (C=O) groups excluding carboxylic acids is 1. The van der Waals surface area contributed by atoms with E-state index in [1.165, 1.54) is 12.1 Å². The Morgan fingerprint density at radius 3 is 2.70 bits per heavy atom. The second-order valence-electron chi connectivity index (χ2n) is 6.66. The van der Waals surface area contributed by atoms with E-state index in [1.54, 1.807) is 18.3 Å². The third-order valence-electron chi connectivity index (χ3n) is 4.69. The van der Waals surface area contributed by atoms with Crippen molar-refractivity contribution < 1.29 is 14.0 Å². The van der Waals surface area contributed by atoms with Gasteiger partial charge in [0, 0.05) is 37.8 Å². The number of carbonyl (C=O) groups is 1. The Labute approximate surface area is 156 Å². The first-order chi connectivity index (χ1) is 13.1. The molecule has 1 aromatic carbocycles. The third-order valence-corrected chi connectivity index (χ3v) is 4.69. The maximum atomic E-state index is 12.9. The van der Waals surface area contributed by atoms with Gasteiger partial charge in [-0.1, -0.05) is 6.07 Å². The van der Waals surface area contributed by atoms with Gasteiger partial charge in [0.05, 0.1) is 6.54 Å². The number of nitrogens with one attached hydrogen (secondary N) is 2. The van der Waals surface area contributed by atoms with E-state index in [2.05, 4.69) is 20.7 Å². The zero-order valence-electron chi connectivity index (χ0n) is 14.7. The molecule has 1 spiro atoms. The average molecular weight is 369 g/mol. The van der Waals surface area contributed by atoms with Crippen molar-refractivity contribution in [3.63, 3.8) is 0 Å². The van der Waals surface area contributed by atoms with Gasteiger partial charge in [0.15, 0.2) is 11.6 Å². The number of hydroxylamine groups is 1. The summed E-state index contributed by atoms with van der Waals surface area (Å²) in [5.74, 6) is 0.184. The largest absolute Gasteiger partial charge is 0.325 e. The van der Waals surface area contributed by atoms with E-state index >= 15 is 0 Å². The lowest BCUT2D eigenvalue weighted by atomic mass is 10.0. The second-order valence-corrected chi connectivity index (χ2v) is 6.66. The summed E-state index contributed by atoms with van der Waals surface area (Å²) in [5, 5.41) is 2.78. The number of piperidine rings is 1. The van der Waals surface area contributed by atoms with E-state index in [9.17, 15) is 9.18 Å². The smallest absolute Gasteiger partial charge is 0.238 e. The van der Waals surface area contributed by atoms with Gasteiger partial charge in [0.2, 0.25) is 5.91 Å². The van der Waals surface area contributed by atoms with Crippen molar-refractivity contribution in [2.45, 2.75) is 18.6 Å². The Morgan fingerprint density at radius 2 is 2.00 bits per heavy atom. The summed E-state index contributed by atoms with van der Waals surface area (Å²) in [6.07, 6.45) is 3.08. The summed E-state index contributed by atoms with van der Waals surface area (Å²) < 4.78 is 12.9. The van der Waals surface area contributed by atoms with Crippen molar-refractivity contribution in [1.82, 2.24) is 15.4 Å². The number of halogens is 1. The van der Waals surface area contributed by atoms with Crippen molar-refractivity contribution >= 4 is 17.4 Å². The number of nitrogens with zero attached hydrogens (tertiary/aromatic N) is 3. The number of hydrogen-bond acceptors (Lipinski definition) is 6. The number of aliphatic imine (C=N–C) groups is 1. The minimum atomic E-state index is -0.600. The molecule has 0 saturated carbocycles. The van der Waals surface area contributed by atoms with Gasteiger partial charge >= 0.3 is 0 Å². The number of benzene rings is 1. The Balaban J connectivity index is 1.31. The molecule has 0 bridgehead atoms. The lowest BCUT2D eigenvalue weighted by molar-refractivity contribution is -0.120. The second kappa shape index (κ2) is 7.42. The van der Waals surface area contributed by atoms with E-state index in [0.29, 0.717) is 37.5 Å². The van der Waals surface area contributed by atoms with E-state index in [4.69, 9.17) is 9.83 Å². The maximum absolute atomic E-state index is 12.9. The van der Waals surface area contributed by atoms with Crippen LogP contribution in [0.25, 0.3) is 0 Å². The van der Waals surface area contributed by atoms with Crippen molar-refractivity contribution in [2.24, 2.45) is 4.99 Å². The Kier molecular flexibility index (Phi) is 4.83. The van der Waals surface area contributed by atoms with Gasteiger partial charge in [-0.3, -0.25) is 14.7 Å². The molecular formula is C19H20FN5O2. The molecule has 27 heavy (non-hydrogen) atoms. The maximum Gasteiger partial charge on any atom is 0.238 e. The first-order valence-corrected chi connectivity index (χ1v) is 8.85. The fraction of sp³-hybridized carbons (Fsp3) is 0.316. The molecule has 0 aliphatic carbocycles. The van der Waals surface area contributed by atoms with E-state index in [-0.39, 0.29) is 18.3 Å². The molecule has 2 N–H and O–H groups in total. The van der Waals surface area contributed by atoms with Crippen LogP contribution >= 0.6 is 0 Å². The summed E-state index contributed by atoms with van der Waals surface area (Å²) in [6, 6.07) is 11.4. The first-order valence-electron chi connectivity index (χ1n) is 8.85. The lowest BCUT2D eigenvalue weighted by Gasteiger charge is -2.35. The molecule has 8 heteroatoms. The standard InChI is InChI=1S/C19H20FN5O2/c20-14-4-6-15(7-5-14)22-17(26)13-25-11-8-19(9-12-25)23-18(24-27-19)16-3-1-2-10-21-16/h1-7,10H,8-9,11-13H2,(H,22,26)(H,23,24). The van der Waals surface area contributed by atoms with Gasteiger partial charge in [0.25, 0.3) is 0 Å². The summed E-state index contributed by atoms with van der Waals surface area (Å²) >= 11 is 0. The molecule has 1 aromatic heterocycles. The first kappa shape index (κ1) is 17.6. The molecule has 0 unspecified atom stereocenters. The predicted molar refractivity (Wildman–Crippen MR) is 98.4 cm³/mol. The zero-order chi connectivity index (χ0) is 18.7. The fourth-order valence-corrected chi connectivity index (χ4v) is 3.22. The van der Waals surface area contributed by atoms with Crippen LogP contribution in [0.4, 0.5) is 10.1 Å². The van der Waals surface area contributed by atoms with Crippen LogP contribution in [0.1, 0.15) is 18.5 Å². The molecular weight excluding hydrogens is 349 g/mol. The molecule has 1 saturated heterocycles. The normalized spacial score (nSPS) is 18.8. The molecule has 1 amide bonds. The van der Waals surface area contributed by atoms with Crippen LogP contribution in [0.2, 0.25) is 0 Å². The molecule has 7 nitrogen and oxygen atoms in total. The molecule has 2 aliphatic rings. The van der Waals surface area contributed by atoms with Gasteiger partial charge in [0.1, 0.15) is 11.5 Å². The van der Waals surface area contributed by atoms with Crippen LogP contribution in [0, 0.1) is 5.82 Å². The molecule has 0 radical (unpaired) electrons. The highest BCUT2D eigenvalue weighted by molar-refractivity contribution is 5.97. The molecule has 0 atom stereocenters. The molecule has 4 rings (SSSR count). The number of amides is 1. The van der Waals surface area contributed by atoms with Crippen LogP contribution in [-0.2, 0) is 9.63 Å². The Morgan fingerprint density at radius 1 is 1.22 bits per heavy atom. The van der Waals surface area contributed by atoms with Gasteiger partial charge in [-0.25, -0.2) is 19.7 Å². The number of likely N-dealkylation sites (tertiary alicyclic amines) is 1. The number of aromatic nitrogens is 1. The summed E-state index contributed by atoms with van der Waals surface area (Å²) in [5.41, 5.74) is 3.62. The SMILES string of the molecule is O=C(CN1CCC2(CC1)N=C(c1ccccn1)NO2)Nc1ccc(F)cc1. The number of anilines is 1. The van der Waals surface area contributed by atoms with Crippen LogP contribution in [0.5, 0.6) is 0 Å². The number of pyridine rings is 1. The molecule has 2 aromatic rings. The molecule has 3 heterocycles. The van der Waals surface area contributed by atoms with E-state index in [0.717, 1.165) is 5.69 Å². The Hall–Kier alpha value is -2.84. The highest BCUT2D eigenvalue weighted by Gasteiger charge is 2.40. The minimum absolute atomic E-state index is 0.124. The molecule has 140 valence electrons. The van der Waals surface area contributed by atoms with Crippen LogP contribution in [0.15, 0.2) is 53.7 Å². The van der Waals surface area contributed by atoms with Crippen molar-refractivity contribution in [3.05, 3.63) is 60.2 Å². The monoisotopic (exact) mass is 369 g/mol. The lowest BCUT2D eigenvalue weighted by Crippen LogP contribution is -2.46. The van der Waals surface area contributed by atoms with E-state index in [1.807, 2.05) is 18.2 Å². The molecule has 2 aliphatic heterocycles. The third kappa shape index (κ3) is 4.12. The van der Waals surface area contributed by atoms with Gasteiger partial charge in [-0.15, -0.1) is 0 Å². The minimum Gasteiger partial charge on any atom is -0.325 e. The number of rotatable bonds is 4. The van der Waals surface area contributed by atoms with Crippen molar-refractivity contribution in [1.29, 1.82) is 0 Å². The number of amidine groups is 1. The van der Waals surface area contributed by atoms with Crippen LogP contribution < -0.4 is 10.8 Å². The summed E-state index contributed by atoms with van der Waals surface area (Å²) in [7, 11) is 0. The topological polar surface area (TPSA) is 78.9 Å². The highest BCUT2D eigenvalue weighted by Crippen LogP contribution is 2.30. The van der Waals surface area contributed by atoms with Crippen LogP contribution in [-0.4, -0.2) is 47.0 Å². The number of hydrogen-bond donors (Lipinski definition) is 2. The zero-order valence-corrected chi connectivity index (χ0v) is 14.7. The predicted octanol–water partition coefficient (Wildman–Crippen LogP) is 1.93. The van der Waals surface area contributed by atoms with E-state index < -0.39 is 5.72 Å². The van der Waals surface area contributed by atoms with Gasteiger partial charge in [-0.05, 0) is 36.4 Å². The quantitative estimate of drug-likeness (QED) is 0.861. The average Bonchev–Trinajstić information content (AvgIpc) is 3.10. The molecule has 1 fully saturated rings. The summed E-state index contributed by atoms with van der Waals surface area (Å²) in [6.45, 7) is 1.66. The Bertz CT molecular complexity index is 833. The summed E-state index contributed by atoms with van der Waals surface area (Å²) in [4.78, 5) is 29.0. The van der Waals surface area contributed by atoms with Gasteiger partial charge in [-0.2, -0.15) is 0 Å². The van der Waals surface area contributed by atoms with Crippen molar-refractivity contribution in [2.75, 3.05) is 25.0 Å². The van der Waals surface area contributed by atoms with Gasteiger partial charge < -0.3 is 5.32 Å². The fourth-order valence-electron chi connectivity index (χ4n) is 3.22. The highest BCUT2D eigenvalue weighted by atomic mass is 19.1.